The summed E-state index contributed by atoms with van der Waals surface area (Å²) >= 11 is 0. The number of hydrogen-bond acceptors (Lipinski definition) is 2. The van der Waals surface area contributed by atoms with E-state index in [1.54, 1.807) is 0 Å². The normalized spacial score (nSPS) is 32.9. The van der Waals surface area contributed by atoms with Gasteiger partial charge in [-0.05, 0) is 18.4 Å². The van der Waals surface area contributed by atoms with E-state index >= 15 is 0 Å². The second-order valence-corrected chi connectivity index (χ2v) is 4.78. The van der Waals surface area contributed by atoms with Gasteiger partial charge in [-0.15, -0.1) is 0 Å². The molecule has 0 aromatic heterocycles. The zero-order chi connectivity index (χ0) is 10.8. The molecule has 0 N–H and O–H groups in total. The molecule has 2 unspecified atom stereocenters. The fourth-order valence-electron chi connectivity index (χ4n) is 2.60. The monoisotopic (exact) mass is 218 g/mol. The first-order valence-electron chi connectivity index (χ1n) is 6.21. The summed E-state index contributed by atoms with van der Waals surface area (Å²) in [5, 5.41) is 0. The molecule has 2 heteroatoms. The quantitative estimate of drug-likeness (QED) is 0.725. The van der Waals surface area contributed by atoms with Crippen molar-refractivity contribution in [2.45, 2.75) is 37.4 Å². The van der Waals surface area contributed by atoms with Gasteiger partial charge in [0.1, 0.15) is 6.10 Å². The Hall–Kier alpha value is -0.860. The van der Waals surface area contributed by atoms with E-state index in [0.29, 0.717) is 18.1 Å². The molecule has 16 heavy (non-hydrogen) atoms. The third-order valence-electron chi connectivity index (χ3n) is 3.58. The lowest BCUT2D eigenvalue weighted by Gasteiger charge is -2.20. The topological polar surface area (TPSA) is 21.8 Å². The number of rotatable bonds is 4. The summed E-state index contributed by atoms with van der Waals surface area (Å²) in [4.78, 5) is 0. The van der Waals surface area contributed by atoms with E-state index in [9.17, 15) is 0 Å². The molecule has 1 saturated carbocycles. The van der Waals surface area contributed by atoms with E-state index in [4.69, 9.17) is 9.47 Å². The maximum Gasteiger partial charge on any atom is 0.104 e. The van der Waals surface area contributed by atoms with Crippen LogP contribution >= 0.6 is 0 Å². The maximum absolute atomic E-state index is 5.97. The van der Waals surface area contributed by atoms with Crippen molar-refractivity contribution in [2.24, 2.45) is 0 Å². The minimum atomic E-state index is 0.386. The molecule has 1 aromatic rings. The molecular formula is C14H18O2. The van der Waals surface area contributed by atoms with E-state index in [0.717, 1.165) is 13.2 Å². The summed E-state index contributed by atoms with van der Waals surface area (Å²) in [5.41, 5.74) is 1.43. The lowest BCUT2D eigenvalue weighted by molar-refractivity contribution is 0.0367. The average Bonchev–Trinajstić information content (AvgIpc) is 3.05. The highest BCUT2D eigenvalue weighted by atomic mass is 16.6. The van der Waals surface area contributed by atoms with Crippen molar-refractivity contribution in [3.8, 4) is 0 Å². The van der Waals surface area contributed by atoms with Gasteiger partial charge < -0.3 is 9.47 Å². The van der Waals surface area contributed by atoms with Gasteiger partial charge in [-0.2, -0.15) is 0 Å². The van der Waals surface area contributed by atoms with E-state index in [2.05, 4.69) is 30.3 Å². The van der Waals surface area contributed by atoms with Crippen LogP contribution in [0.25, 0.3) is 0 Å². The Balaban J connectivity index is 1.63. The smallest absolute Gasteiger partial charge is 0.104 e. The zero-order valence-corrected chi connectivity index (χ0v) is 9.47. The van der Waals surface area contributed by atoms with E-state index in [-0.39, 0.29) is 0 Å². The Labute approximate surface area is 96.6 Å². The van der Waals surface area contributed by atoms with Crippen molar-refractivity contribution in [3.05, 3.63) is 35.9 Å². The van der Waals surface area contributed by atoms with Gasteiger partial charge in [-0.3, -0.25) is 0 Å². The molecule has 1 aliphatic carbocycles. The van der Waals surface area contributed by atoms with Crippen LogP contribution in [0.5, 0.6) is 0 Å². The van der Waals surface area contributed by atoms with Gasteiger partial charge in [-0.1, -0.05) is 36.8 Å². The second kappa shape index (κ2) is 4.56. The zero-order valence-electron chi connectivity index (χ0n) is 9.47. The molecule has 3 atom stereocenters. The van der Waals surface area contributed by atoms with Crippen molar-refractivity contribution in [2.75, 3.05) is 13.2 Å². The Morgan fingerprint density at radius 2 is 2.00 bits per heavy atom. The molecule has 1 heterocycles. The molecule has 1 aromatic carbocycles. The predicted molar refractivity (Wildman–Crippen MR) is 62.5 cm³/mol. The first-order valence-corrected chi connectivity index (χ1v) is 6.21. The van der Waals surface area contributed by atoms with Crippen LogP contribution in [0, 0.1) is 0 Å². The second-order valence-electron chi connectivity index (χ2n) is 4.78. The van der Waals surface area contributed by atoms with Crippen LogP contribution in [0.1, 0.15) is 30.7 Å². The standard InChI is InChI=1S/C14H18O2/c1-2-5-11(6-3-1)13-7-4-8-14(13)16-10-12-9-15-12/h1-3,5-6,12-14H,4,7-10H2/t12?,13-,14?/m0/s1. The van der Waals surface area contributed by atoms with Crippen LogP contribution in [0.15, 0.2) is 30.3 Å². The van der Waals surface area contributed by atoms with Gasteiger partial charge in [0.05, 0.1) is 19.3 Å². The van der Waals surface area contributed by atoms with E-state index < -0.39 is 0 Å². The molecule has 1 aliphatic heterocycles. The first-order chi connectivity index (χ1) is 7.93. The van der Waals surface area contributed by atoms with Gasteiger partial charge in [0, 0.05) is 5.92 Å². The van der Waals surface area contributed by atoms with Gasteiger partial charge in [0.15, 0.2) is 0 Å². The number of benzene rings is 1. The van der Waals surface area contributed by atoms with Crippen molar-refractivity contribution < 1.29 is 9.47 Å². The molecule has 0 radical (unpaired) electrons. The minimum absolute atomic E-state index is 0.386. The fraction of sp³-hybridized carbons (Fsp3) is 0.571. The fourth-order valence-corrected chi connectivity index (χ4v) is 2.60. The van der Waals surface area contributed by atoms with Crippen LogP contribution in [0.2, 0.25) is 0 Å². The van der Waals surface area contributed by atoms with Crippen LogP contribution in [-0.2, 0) is 9.47 Å². The summed E-state index contributed by atoms with van der Waals surface area (Å²) < 4.78 is 11.2. The van der Waals surface area contributed by atoms with Crippen molar-refractivity contribution >= 4 is 0 Å². The minimum Gasteiger partial charge on any atom is -0.375 e. The highest BCUT2D eigenvalue weighted by Gasteiger charge is 2.31. The van der Waals surface area contributed by atoms with Crippen LogP contribution in [0.3, 0.4) is 0 Å². The van der Waals surface area contributed by atoms with Crippen molar-refractivity contribution in [1.82, 2.24) is 0 Å². The van der Waals surface area contributed by atoms with Crippen molar-refractivity contribution in [3.63, 3.8) is 0 Å². The summed E-state index contributed by atoms with van der Waals surface area (Å²) in [6.07, 6.45) is 4.55. The summed E-state index contributed by atoms with van der Waals surface area (Å²) in [7, 11) is 0. The third-order valence-corrected chi connectivity index (χ3v) is 3.58. The molecule has 86 valence electrons. The lowest BCUT2D eigenvalue weighted by atomic mass is 9.96. The maximum atomic E-state index is 5.97. The van der Waals surface area contributed by atoms with E-state index in [1.165, 1.54) is 24.8 Å². The Morgan fingerprint density at radius 1 is 1.19 bits per heavy atom. The summed E-state index contributed by atoms with van der Waals surface area (Å²) in [6, 6.07) is 10.8. The average molecular weight is 218 g/mol. The Bertz CT molecular complexity index is 332. The Kier molecular flexibility index (Phi) is 2.94. The largest absolute Gasteiger partial charge is 0.375 e. The summed E-state index contributed by atoms with van der Waals surface area (Å²) in [6.45, 7) is 1.68. The number of hydrogen-bond donors (Lipinski definition) is 0. The van der Waals surface area contributed by atoms with Crippen LogP contribution in [0.4, 0.5) is 0 Å². The highest BCUT2D eigenvalue weighted by molar-refractivity contribution is 5.21. The molecule has 2 nitrogen and oxygen atoms in total. The first kappa shape index (κ1) is 10.3. The Morgan fingerprint density at radius 3 is 2.75 bits per heavy atom. The molecule has 2 aliphatic rings. The predicted octanol–water partition coefficient (Wildman–Crippen LogP) is 2.74. The molecule has 0 amide bonds. The molecule has 2 fully saturated rings. The molecular weight excluding hydrogens is 200 g/mol. The van der Waals surface area contributed by atoms with Gasteiger partial charge >= 0.3 is 0 Å². The molecule has 3 rings (SSSR count). The molecule has 0 bridgehead atoms. The molecule has 0 spiro atoms. The lowest BCUT2D eigenvalue weighted by Crippen LogP contribution is -2.19. The van der Waals surface area contributed by atoms with Gasteiger partial charge in [0.2, 0.25) is 0 Å². The van der Waals surface area contributed by atoms with E-state index in [1.807, 2.05) is 0 Å². The molecule has 1 saturated heterocycles. The number of epoxide rings is 1. The summed E-state index contributed by atoms with van der Waals surface area (Å²) in [5.74, 6) is 0.597. The third kappa shape index (κ3) is 2.28. The van der Waals surface area contributed by atoms with Crippen LogP contribution < -0.4 is 0 Å². The van der Waals surface area contributed by atoms with Crippen LogP contribution in [-0.4, -0.2) is 25.4 Å². The number of ether oxygens (including phenoxy) is 2. The highest BCUT2D eigenvalue weighted by Crippen LogP contribution is 2.36. The van der Waals surface area contributed by atoms with Gasteiger partial charge in [0.25, 0.3) is 0 Å². The van der Waals surface area contributed by atoms with Gasteiger partial charge in [-0.25, -0.2) is 0 Å². The van der Waals surface area contributed by atoms with Crippen molar-refractivity contribution in [1.29, 1.82) is 0 Å². The SMILES string of the molecule is c1ccc([C@@H]2CCCC2OCC2CO2)cc1.